The molecule has 0 unspecified atom stereocenters. The van der Waals surface area contributed by atoms with Crippen molar-refractivity contribution >= 4 is 57.2 Å². The van der Waals surface area contributed by atoms with Crippen LogP contribution in [0.1, 0.15) is 0 Å². The molecule has 0 amide bonds. The molecule has 0 aromatic heterocycles. The van der Waals surface area contributed by atoms with Crippen LogP contribution in [0.4, 0.5) is 0 Å². The SMILES string of the molecule is Clc1cc2cc(Cl)c(Cl)cc2cc1Cl. The third-order valence-electron chi connectivity index (χ3n) is 1.92. The smallest absolute Gasteiger partial charge is 0.0598 e. The molecule has 0 fully saturated rings. The predicted octanol–water partition coefficient (Wildman–Crippen LogP) is 5.45. The Morgan fingerprint density at radius 2 is 0.714 bits per heavy atom. The fraction of sp³-hybridized carbons (Fsp3) is 0. The van der Waals surface area contributed by atoms with Crippen molar-refractivity contribution < 1.29 is 0 Å². The first kappa shape index (κ1) is 10.4. The Balaban J connectivity index is 2.83. The van der Waals surface area contributed by atoms with Crippen molar-refractivity contribution in [3.8, 4) is 0 Å². The fourth-order valence-electron chi connectivity index (χ4n) is 1.24. The lowest BCUT2D eigenvalue weighted by atomic mass is 10.1. The van der Waals surface area contributed by atoms with Crippen LogP contribution in [-0.4, -0.2) is 0 Å². The van der Waals surface area contributed by atoms with Crippen molar-refractivity contribution in [1.29, 1.82) is 0 Å². The molecule has 0 aliphatic heterocycles. The van der Waals surface area contributed by atoms with Gasteiger partial charge in [-0.05, 0) is 35.0 Å². The van der Waals surface area contributed by atoms with Gasteiger partial charge in [0.25, 0.3) is 0 Å². The Kier molecular flexibility index (Phi) is 2.81. The Morgan fingerprint density at radius 1 is 0.500 bits per heavy atom. The second-order valence-electron chi connectivity index (χ2n) is 2.88. The summed E-state index contributed by atoms with van der Waals surface area (Å²) in [7, 11) is 0. The summed E-state index contributed by atoms with van der Waals surface area (Å²) in [5.74, 6) is 0. The van der Waals surface area contributed by atoms with Crippen molar-refractivity contribution in [1.82, 2.24) is 0 Å². The second-order valence-corrected chi connectivity index (χ2v) is 4.51. The van der Waals surface area contributed by atoms with Gasteiger partial charge in [0.1, 0.15) is 0 Å². The number of halogens is 4. The molecular formula is C10H4Cl4. The van der Waals surface area contributed by atoms with Gasteiger partial charge >= 0.3 is 0 Å². The molecule has 4 heteroatoms. The van der Waals surface area contributed by atoms with Gasteiger partial charge in [-0.25, -0.2) is 0 Å². The average Bonchev–Trinajstić information content (AvgIpc) is 2.11. The minimum atomic E-state index is 0.512. The van der Waals surface area contributed by atoms with Crippen molar-refractivity contribution in [3.05, 3.63) is 44.4 Å². The van der Waals surface area contributed by atoms with Crippen LogP contribution >= 0.6 is 46.4 Å². The highest BCUT2D eigenvalue weighted by Crippen LogP contribution is 2.32. The van der Waals surface area contributed by atoms with E-state index in [1.165, 1.54) is 0 Å². The van der Waals surface area contributed by atoms with Crippen molar-refractivity contribution in [3.63, 3.8) is 0 Å². The Hall–Kier alpha value is -0.140. The molecule has 0 saturated carbocycles. The van der Waals surface area contributed by atoms with Crippen LogP contribution in [0, 0.1) is 0 Å². The van der Waals surface area contributed by atoms with E-state index >= 15 is 0 Å². The predicted molar refractivity (Wildman–Crippen MR) is 64.0 cm³/mol. The maximum atomic E-state index is 5.87. The molecule has 0 N–H and O–H groups in total. The molecule has 0 radical (unpaired) electrons. The van der Waals surface area contributed by atoms with Crippen LogP contribution < -0.4 is 0 Å². The molecule has 2 aromatic rings. The van der Waals surface area contributed by atoms with E-state index in [2.05, 4.69) is 0 Å². The second kappa shape index (κ2) is 3.79. The molecule has 0 aliphatic rings. The first-order chi connectivity index (χ1) is 6.58. The number of fused-ring (bicyclic) bond motifs is 1. The molecule has 0 heterocycles. The highest BCUT2D eigenvalue weighted by molar-refractivity contribution is 6.44. The summed E-state index contributed by atoms with van der Waals surface area (Å²) >= 11 is 23.5. The summed E-state index contributed by atoms with van der Waals surface area (Å²) in [4.78, 5) is 0. The van der Waals surface area contributed by atoms with Gasteiger partial charge in [-0.2, -0.15) is 0 Å². The molecule has 0 aliphatic carbocycles. The molecule has 0 nitrogen and oxygen atoms in total. The summed E-state index contributed by atoms with van der Waals surface area (Å²) in [5.41, 5.74) is 0. The highest BCUT2D eigenvalue weighted by atomic mass is 35.5. The van der Waals surface area contributed by atoms with Gasteiger partial charge in [0.05, 0.1) is 20.1 Å². The van der Waals surface area contributed by atoms with Gasteiger partial charge in [0.2, 0.25) is 0 Å². The van der Waals surface area contributed by atoms with Crippen LogP contribution in [0.3, 0.4) is 0 Å². The summed E-state index contributed by atoms with van der Waals surface area (Å²) in [6.45, 7) is 0. The highest BCUT2D eigenvalue weighted by Gasteiger charge is 2.04. The van der Waals surface area contributed by atoms with E-state index in [4.69, 9.17) is 46.4 Å². The minimum Gasteiger partial charge on any atom is -0.0827 e. The van der Waals surface area contributed by atoms with E-state index in [-0.39, 0.29) is 0 Å². The fourth-order valence-corrected chi connectivity index (χ4v) is 1.93. The first-order valence-corrected chi connectivity index (χ1v) is 5.33. The van der Waals surface area contributed by atoms with E-state index in [0.29, 0.717) is 20.1 Å². The van der Waals surface area contributed by atoms with E-state index in [1.54, 1.807) is 24.3 Å². The Labute approximate surface area is 101 Å². The summed E-state index contributed by atoms with van der Waals surface area (Å²) in [5, 5.41) is 3.90. The summed E-state index contributed by atoms with van der Waals surface area (Å²) < 4.78 is 0. The standard InChI is InChI=1S/C10H4Cl4/c11-7-1-5-2-9(13)10(14)4-6(5)3-8(7)12/h1-4H. The summed E-state index contributed by atoms with van der Waals surface area (Å²) in [6.07, 6.45) is 0. The van der Waals surface area contributed by atoms with Crippen molar-refractivity contribution in [2.75, 3.05) is 0 Å². The molecule has 0 saturated heterocycles. The van der Waals surface area contributed by atoms with E-state index in [9.17, 15) is 0 Å². The largest absolute Gasteiger partial charge is 0.0827 e. The lowest BCUT2D eigenvalue weighted by Crippen LogP contribution is -1.76. The first-order valence-electron chi connectivity index (χ1n) is 3.82. The third-order valence-corrected chi connectivity index (χ3v) is 3.36. The quantitative estimate of drug-likeness (QED) is 0.594. The number of hydrogen-bond donors (Lipinski definition) is 0. The Morgan fingerprint density at radius 3 is 0.929 bits per heavy atom. The number of hydrogen-bond acceptors (Lipinski definition) is 0. The zero-order valence-corrected chi connectivity index (χ0v) is 9.84. The van der Waals surface area contributed by atoms with Gasteiger partial charge in [-0.1, -0.05) is 46.4 Å². The molecule has 2 aromatic carbocycles. The van der Waals surface area contributed by atoms with Crippen LogP contribution in [-0.2, 0) is 0 Å². The molecule has 0 spiro atoms. The van der Waals surface area contributed by atoms with E-state index in [0.717, 1.165) is 10.8 Å². The van der Waals surface area contributed by atoms with Crippen LogP contribution in [0.2, 0.25) is 20.1 Å². The molecule has 72 valence electrons. The van der Waals surface area contributed by atoms with Gasteiger partial charge in [0, 0.05) is 0 Å². The monoisotopic (exact) mass is 264 g/mol. The number of benzene rings is 2. The van der Waals surface area contributed by atoms with E-state index < -0.39 is 0 Å². The van der Waals surface area contributed by atoms with Crippen LogP contribution in [0.15, 0.2) is 24.3 Å². The molecule has 14 heavy (non-hydrogen) atoms. The lowest BCUT2D eigenvalue weighted by Gasteiger charge is -2.03. The molecule has 0 atom stereocenters. The maximum Gasteiger partial charge on any atom is 0.0598 e. The van der Waals surface area contributed by atoms with Crippen molar-refractivity contribution in [2.45, 2.75) is 0 Å². The van der Waals surface area contributed by atoms with Crippen molar-refractivity contribution in [2.24, 2.45) is 0 Å². The maximum absolute atomic E-state index is 5.87. The van der Waals surface area contributed by atoms with Gasteiger partial charge in [-0.15, -0.1) is 0 Å². The molecule has 2 rings (SSSR count). The number of rotatable bonds is 0. The lowest BCUT2D eigenvalue weighted by molar-refractivity contribution is 1.74. The molecular weight excluding hydrogens is 262 g/mol. The van der Waals surface area contributed by atoms with Gasteiger partial charge in [-0.3, -0.25) is 0 Å². The van der Waals surface area contributed by atoms with Gasteiger partial charge < -0.3 is 0 Å². The molecule has 0 bridgehead atoms. The average molecular weight is 266 g/mol. The topological polar surface area (TPSA) is 0 Å². The Bertz CT molecular complexity index is 416. The van der Waals surface area contributed by atoms with Crippen LogP contribution in [0.5, 0.6) is 0 Å². The third kappa shape index (κ3) is 1.80. The van der Waals surface area contributed by atoms with Crippen LogP contribution in [0.25, 0.3) is 10.8 Å². The summed E-state index contributed by atoms with van der Waals surface area (Å²) in [6, 6.07) is 7.06. The zero-order valence-electron chi connectivity index (χ0n) is 6.82. The zero-order chi connectivity index (χ0) is 10.3. The van der Waals surface area contributed by atoms with E-state index in [1.807, 2.05) is 0 Å². The van der Waals surface area contributed by atoms with Gasteiger partial charge in [0.15, 0.2) is 0 Å². The normalized spacial score (nSPS) is 10.9. The minimum absolute atomic E-state index is 0.512.